The number of rotatable bonds is 6. The smallest absolute Gasteiger partial charge is 0.231 e. The molecule has 9 nitrogen and oxygen atoms in total. The van der Waals surface area contributed by atoms with Crippen molar-refractivity contribution in [3.05, 3.63) is 60.9 Å². The first-order valence-electron chi connectivity index (χ1n) is 11.4. The SMILES string of the molecule is c1cncc(Nc2nc(NCc3nc4ccccc4[nH]3)c3ncn(C4CCCCC4)c3n2)c1. The quantitative estimate of drug-likeness (QED) is 0.343. The zero-order chi connectivity index (χ0) is 22.0. The molecular weight excluding hydrogens is 414 g/mol. The predicted octanol–water partition coefficient (Wildman–Crippen LogP) is 4.96. The molecule has 1 aliphatic carbocycles. The van der Waals surface area contributed by atoms with Crippen LogP contribution in [0.25, 0.3) is 22.2 Å². The van der Waals surface area contributed by atoms with Gasteiger partial charge >= 0.3 is 0 Å². The van der Waals surface area contributed by atoms with E-state index in [1.807, 2.05) is 42.7 Å². The number of hydrogen-bond donors (Lipinski definition) is 3. The van der Waals surface area contributed by atoms with Gasteiger partial charge in [-0.3, -0.25) is 4.98 Å². The fourth-order valence-electron chi connectivity index (χ4n) is 4.54. The van der Waals surface area contributed by atoms with Crippen LogP contribution in [-0.2, 0) is 6.54 Å². The van der Waals surface area contributed by atoms with Gasteiger partial charge in [-0.15, -0.1) is 0 Å². The largest absolute Gasteiger partial charge is 0.361 e. The molecule has 1 aromatic carbocycles. The van der Waals surface area contributed by atoms with Gasteiger partial charge in [-0.05, 0) is 37.1 Å². The molecule has 5 aromatic rings. The van der Waals surface area contributed by atoms with Crippen LogP contribution in [-0.4, -0.2) is 34.5 Å². The van der Waals surface area contributed by atoms with Gasteiger partial charge in [0.15, 0.2) is 17.0 Å². The molecule has 0 amide bonds. The Balaban J connectivity index is 1.36. The van der Waals surface area contributed by atoms with Gasteiger partial charge in [0, 0.05) is 12.2 Å². The topological polar surface area (TPSA) is 109 Å². The molecule has 3 N–H and O–H groups in total. The van der Waals surface area contributed by atoms with E-state index in [-0.39, 0.29) is 0 Å². The van der Waals surface area contributed by atoms with Crippen LogP contribution in [0.1, 0.15) is 44.0 Å². The molecule has 9 heteroatoms. The number of hydrogen-bond acceptors (Lipinski definition) is 7. The lowest BCUT2D eigenvalue weighted by molar-refractivity contribution is 0.358. The second-order valence-corrected chi connectivity index (χ2v) is 8.43. The van der Waals surface area contributed by atoms with Gasteiger partial charge in [0.1, 0.15) is 5.82 Å². The summed E-state index contributed by atoms with van der Waals surface area (Å²) in [5, 5.41) is 6.72. The summed E-state index contributed by atoms with van der Waals surface area (Å²) < 4.78 is 2.22. The second-order valence-electron chi connectivity index (χ2n) is 8.43. The first-order chi connectivity index (χ1) is 16.3. The number of anilines is 3. The third-order valence-corrected chi connectivity index (χ3v) is 6.17. The van der Waals surface area contributed by atoms with E-state index in [9.17, 15) is 0 Å². The summed E-state index contributed by atoms with van der Waals surface area (Å²) >= 11 is 0. The number of H-pyrrole nitrogens is 1. The van der Waals surface area contributed by atoms with Crippen molar-refractivity contribution in [3.63, 3.8) is 0 Å². The highest BCUT2D eigenvalue weighted by atomic mass is 15.2. The van der Waals surface area contributed by atoms with Crippen LogP contribution in [0.4, 0.5) is 17.5 Å². The van der Waals surface area contributed by atoms with E-state index in [1.54, 1.807) is 12.4 Å². The van der Waals surface area contributed by atoms with Crippen molar-refractivity contribution < 1.29 is 0 Å². The van der Waals surface area contributed by atoms with Crippen molar-refractivity contribution in [1.82, 2.24) is 34.5 Å². The van der Waals surface area contributed by atoms with Crippen LogP contribution < -0.4 is 10.6 Å². The molecule has 0 radical (unpaired) electrons. The number of nitrogens with one attached hydrogen (secondary N) is 3. The van der Waals surface area contributed by atoms with E-state index in [0.717, 1.165) is 46.6 Å². The van der Waals surface area contributed by atoms with E-state index in [0.29, 0.717) is 24.4 Å². The van der Waals surface area contributed by atoms with Crippen LogP contribution in [0.3, 0.4) is 0 Å². The lowest BCUT2D eigenvalue weighted by atomic mass is 9.95. The number of fused-ring (bicyclic) bond motifs is 2. The number of pyridine rings is 1. The summed E-state index contributed by atoms with van der Waals surface area (Å²) in [7, 11) is 0. The number of imidazole rings is 2. The summed E-state index contributed by atoms with van der Waals surface area (Å²) in [6.07, 6.45) is 11.5. The maximum Gasteiger partial charge on any atom is 0.231 e. The zero-order valence-electron chi connectivity index (χ0n) is 18.2. The Bertz CT molecular complexity index is 1350. The van der Waals surface area contributed by atoms with Crippen molar-refractivity contribution in [3.8, 4) is 0 Å². The molecule has 0 aliphatic heterocycles. The number of para-hydroxylation sites is 2. The lowest BCUT2D eigenvalue weighted by Crippen LogP contribution is -2.13. The number of nitrogens with zero attached hydrogens (tertiary/aromatic N) is 6. The molecule has 0 atom stereocenters. The van der Waals surface area contributed by atoms with Crippen molar-refractivity contribution in [2.45, 2.75) is 44.7 Å². The fourth-order valence-corrected chi connectivity index (χ4v) is 4.54. The Morgan fingerprint density at radius 1 is 1.00 bits per heavy atom. The molecule has 1 fully saturated rings. The molecule has 6 rings (SSSR count). The normalized spacial score (nSPS) is 14.7. The Morgan fingerprint density at radius 3 is 2.76 bits per heavy atom. The van der Waals surface area contributed by atoms with Gasteiger partial charge in [0.05, 0.1) is 35.8 Å². The minimum absolute atomic E-state index is 0.424. The van der Waals surface area contributed by atoms with Crippen LogP contribution >= 0.6 is 0 Å². The molecule has 4 aromatic heterocycles. The van der Waals surface area contributed by atoms with Crippen LogP contribution in [0.2, 0.25) is 0 Å². The predicted molar refractivity (Wildman–Crippen MR) is 128 cm³/mol. The zero-order valence-corrected chi connectivity index (χ0v) is 18.2. The Morgan fingerprint density at radius 2 is 1.91 bits per heavy atom. The van der Waals surface area contributed by atoms with Gasteiger partial charge in [0.2, 0.25) is 5.95 Å². The van der Waals surface area contributed by atoms with Gasteiger partial charge in [-0.2, -0.15) is 9.97 Å². The molecule has 0 saturated heterocycles. The van der Waals surface area contributed by atoms with E-state index in [2.05, 4.69) is 30.2 Å². The molecule has 1 saturated carbocycles. The van der Waals surface area contributed by atoms with Crippen molar-refractivity contribution in [1.29, 1.82) is 0 Å². The minimum Gasteiger partial charge on any atom is -0.361 e. The summed E-state index contributed by atoms with van der Waals surface area (Å²) in [4.78, 5) is 26.5. The summed E-state index contributed by atoms with van der Waals surface area (Å²) in [5.74, 6) is 2.04. The Hall–Kier alpha value is -4.01. The van der Waals surface area contributed by atoms with E-state index < -0.39 is 0 Å². The molecule has 0 spiro atoms. The Kier molecular flexibility index (Phi) is 5.06. The first-order valence-corrected chi connectivity index (χ1v) is 11.4. The van der Waals surface area contributed by atoms with Crippen LogP contribution in [0.15, 0.2) is 55.1 Å². The highest BCUT2D eigenvalue weighted by Crippen LogP contribution is 2.32. The van der Waals surface area contributed by atoms with Crippen LogP contribution in [0.5, 0.6) is 0 Å². The van der Waals surface area contributed by atoms with Gasteiger partial charge in [0.25, 0.3) is 0 Å². The highest BCUT2D eigenvalue weighted by molar-refractivity contribution is 5.85. The molecule has 1 aliphatic rings. The summed E-state index contributed by atoms with van der Waals surface area (Å²) in [5.41, 5.74) is 4.41. The van der Waals surface area contributed by atoms with Crippen LogP contribution in [0, 0.1) is 0 Å². The van der Waals surface area contributed by atoms with E-state index in [4.69, 9.17) is 15.0 Å². The monoisotopic (exact) mass is 439 g/mol. The third kappa shape index (κ3) is 3.97. The van der Waals surface area contributed by atoms with E-state index >= 15 is 0 Å². The molecule has 0 unspecified atom stereocenters. The lowest BCUT2D eigenvalue weighted by Gasteiger charge is -2.23. The van der Waals surface area contributed by atoms with E-state index in [1.165, 1.54) is 19.3 Å². The average Bonchev–Trinajstić information content (AvgIpc) is 3.48. The third-order valence-electron chi connectivity index (χ3n) is 6.17. The minimum atomic E-state index is 0.424. The molecule has 33 heavy (non-hydrogen) atoms. The molecule has 166 valence electrons. The number of benzene rings is 1. The second kappa shape index (κ2) is 8.50. The van der Waals surface area contributed by atoms with Gasteiger partial charge in [-0.1, -0.05) is 31.4 Å². The van der Waals surface area contributed by atoms with Crippen molar-refractivity contribution >= 4 is 39.7 Å². The molecular formula is C24H25N9. The Labute approximate surface area is 190 Å². The van der Waals surface area contributed by atoms with Gasteiger partial charge < -0.3 is 20.2 Å². The van der Waals surface area contributed by atoms with Crippen molar-refractivity contribution in [2.75, 3.05) is 10.6 Å². The number of aromatic amines is 1. The first kappa shape index (κ1) is 19.7. The summed E-state index contributed by atoms with van der Waals surface area (Å²) in [6, 6.07) is 12.3. The average molecular weight is 440 g/mol. The maximum absolute atomic E-state index is 4.84. The van der Waals surface area contributed by atoms with Gasteiger partial charge in [-0.25, -0.2) is 9.97 Å². The standard InChI is InChI=1S/C24H25N9/c1-2-8-17(9-3-1)33-15-27-21-22(26-14-20-29-18-10-4-5-11-19(18)30-20)31-24(32-23(21)33)28-16-7-6-12-25-13-16/h4-7,10-13,15,17H,1-3,8-9,14H2,(H,29,30)(H2,26,28,31,32). The fraction of sp³-hybridized carbons (Fsp3) is 0.292. The highest BCUT2D eigenvalue weighted by Gasteiger charge is 2.21. The van der Waals surface area contributed by atoms with Crippen molar-refractivity contribution in [2.24, 2.45) is 0 Å². The number of aromatic nitrogens is 7. The molecule has 0 bridgehead atoms. The maximum atomic E-state index is 4.84. The summed E-state index contributed by atoms with van der Waals surface area (Å²) in [6.45, 7) is 0.503. The molecule has 4 heterocycles.